The molecular formula is C10H10ClN7. The summed E-state index contributed by atoms with van der Waals surface area (Å²) < 4.78 is 0. The van der Waals surface area contributed by atoms with E-state index in [1.165, 1.54) is 0 Å². The van der Waals surface area contributed by atoms with Crippen LogP contribution >= 0.6 is 11.6 Å². The van der Waals surface area contributed by atoms with Crippen molar-refractivity contribution in [3.63, 3.8) is 0 Å². The minimum absolute atomic E-state index is 0.0301. The van der Waals surface area contributed by atoms with Crippen LogP contribution in [0.3, 0.4) is 0 Å². The van der Waals surface area contributed by atoms with Crippen LogP contribution in [0.25, 0.3) is 11.2 Å². The number of nitrogens with zero attached hydrogens (tertiary/aromatic N) is 4. The lowest BCUT2D eigenvalue weighted by atomic mass is 10.3. The molecule has 0 fully saturated rings. The van der Waals surface area contributed by atoms with Gasteiger partial charge in [-0.05, 0) is 18.5 Å². The van der Waals surface area contributed by atoms with Gasteiger partial charge in [-0.25, -0.2) is 9.97 Å². The number of rotatable bonds is 3. The molecule has 0 saturated heterocycles. The SMILES string of the molecule is CC(Nc1nc(Cl)nc2nc[nH]c12)c1ncc[nH]1. The third-order valence-corrected chi connectivity index (χ3v) is 2.71. The predicted octanol–water partition coefficient (Wildman–Crippen LogP) is 1.90. The van der Waals surface area contributed by atoms with E-state index in [1.54, 1.807) is 18.7 Å². The van der Waals surface area contributed by atoms with Gasteiger partial charge in [0.05, 0.1) is 12.4 Å². The van der Waals surface area contributed by atoms with Crippen molar-refractivity contribution in [3.05, 3.63) is 29.8 Å². The summed E-state index contributed by atoms with van der Waals surface area (Å²) in [6, 6.07) is -0.0301. The molecule has 0 amide bonds. The molecule has 0 saturated carbocycles. The Hall–Kier alpha value is -2.15. The highest BCUT2D eigenvalue weighted by molar-refractivity contribution is 6.28. The number of hydrogen-bond donors (Lipinski definition) is 3. The highest BCUT2D eigenvalue weighted by atomic mass is 35.5. The molecule has 0 bridgehead atoms. The Morgan fingerprint density at radius 2 is 2.17 bits per heavy atom. The molecule has 3 rings (SSSR count). The van der Waals surface area contributed by atoms with Crippen molar-refractivity contribution in [2.45, 2.75) is 13.0 Å². The van der Waals surface area contributed by atoms with Gasteiger partial charge in [-0.3, -0.25) is 0 Å². The molecular weight excluding hydrogens is 254 g/mol. The first-order valence-electron chi connectivity index (χ1n) is 5.36. The van der Waals surface area contributed by atoms with E-state index in [0.29, 0.717) is 11.5 Å². The van der Waals surface area contributed by atoms with Crippen LogP contribution in [0.2, 0.25) is 5.28 Å². The lowest BCUT2D eigenvalue weighted by Gasteiger charge is -2.12. The van der Waals surface area contributed by atoms with Crippen LogP contribution in [0, 0.1) is 0 Å². The van der Waals surface area contributed by atoms with Crippen molar-refractivity contribution in [3.8, 4) is 0 Å². The molecule has 0 spiro atoms. The summed E-state index contributed by atoms with van der Waals surface area (Å²) in [4.78, 5) is 22.4. The Morgan fingerprint density at radius 1 is 1.28 bits per heavy atom. The van der Waals surface area contributed by atoms with Gasteiger partial charge in [0.1, 0.15) is 11.3 Å². The number of H-pyrrole nitrogens is 2. The Balaban J connectivity index is 1.97. The van der Waals surface area contributed by atoms with Crippen LogP contribution in [0.15, 0.2) is 18.7 Å². The number of halogens is 1. The Kier molecular flexibility index (Phi) is 2.60. The van der Waals surface area contributed by atoms with E-state index in [0.717, 1.165) is 11.3 Å². The van der Waals surface area contributed by atoms with Gasteiger partial charge in [-0.2, -0.15) is 9.97 Å². The maximum atomic E-state index is 5.85. The number of aromatic amines is 2. The molecule has 92 valence electrons. The van der Waals surface area contributed by atoms with E-state index >= 15 is 0 Å². The van der Waals surface area contributed by atoms with Gasteiger partial charge >= 0.3 is 0 Å². The molecule has 1 atom stereocenters. The number of aromatic nitrogens is 6. The fourth-order valence-electron chi connectivity index (χ4n) is 1.70. The summed E-state index contributed by atoms with van der Waals surface area (Å²) in [7, 11) is 0. The highest BCUT2D eigenvalue weighted by Crippen LogP contribution is 2.22. The first-order chi connectivity index (χ1) is 8.74. The lowest BCUT2D eigenvalue weighted by molar-refractivity contribution is 0.804. The average Bonchev–Trinajstić information content (AvgIpc) is 2.98. The van der Waals surface area contributed by atoms with Crippen LogP contribution in [0.5, 0.6) is 0 Å². The van der Waals surface area contributed by atoms with Crippen molar-refractivity contribution in [1.29, 1.82) is 0 Å². The molecule has 0 radical (unpaired) electrons. The monoisotopic (exact) mass is 263 g/mol. The van der Waals surface area contributed by atoms with Gasteiger partial charge in [0.25, 0.3) is 0 Å². The second-order valence-electron chi connectivity index (χ2n) is 3.78. The van der Waals surface area contributed by atoms with E-state index in [2.05, 4.69) is 35.2 Å². The molecule has 0 aliphatic rings. The lowest BCUT2D eigenvalue weighted by Crippen LogP contribution is -2.10. The number of hydrogen-bond acceptors (Lipinski definition) is 5. The van der Waals surface area contributed by atoms with Crippen molar-refractivity contribution < 1.29 is 0 Å². The van der Waals surface area contributed by atoms with Crippen molar-refractivity contribution in [2.24, 2.45) is 0 Å². The van der Waals surface area contributed by atoms with E-state index in [-0.39, 0.29) is 11.3 Å². The fraction of sp³-hybridized carbons (Fsp3) is 0.200. The van der Waals surface area contributed by atoms with E-state index in [1.807, 2.05) is 6.92 Å². The van der Waals surface area contributed by atoms with Crippen molar-refractivity contribution >= 4 is 28.6 Å². The van der Waals surface area contributed by atoms with Crippen LogP contribution in [0.4, 0.5) is 5.82 Å². The molecule has 3 aromatic heterocycles. The zero-order valence-corrected chi connectivity index (χ0v) is 10.2. The van der Waals surface area contributed by atoms with Crippen LogP contribution in [0.1, 0.15) is 18.8 Å². The molecule has 1 unspecified atom stereocenters. The molecule has 3 N–H and O–H groups in total. The third kappa shape index (κ3) is 1.88. The fourth-order valence-corrected chi connectivity index (χ4v) is 1.86. The van der Waals surface area contributed by atoms with E-state index < -0.39 is 0 Å². The van der Waals surface area contributed by atoms with Crippen LogP contribution in [-0.2, 0) is 0 Å². The Morgan fingerprint density at radius 3 is 2.94 bits per heavy atom. The predicted molar refractivity (Wildman–Crippen MR) is 67.3 cm³/mol. The van der Waals surface area contributed by atoms with Gasteiger partial charge in [-0.1, -0.05) is 0 Å². The summed E-state index contributed by atoms with van der Waals surface area (Å²) in [5.41, 5.74) is 1.25. The van der Waals surface area contributed by atoms with Crippen molar-refractivity contribution in [1.82, 2.24) is 29.9 Å². The number of anilines is 1. The molecule has 0 aliphatic heterocycles. The largest absolute Gasteiger partial charge is 0.358 e. The molecule has 7 nitrogen and oxygen atoms in total. The first-order valence-corrected chi connectivity index (χ1v) is 5.74. The zero-order chi connectivity index (χ0) is 12.5. The molecule has 0 aromatic carbocycles. The van der Waals surface area contributed by atoms with Crippen LogP contribution < -0.4 is 5.32 Å². The number of imidazole rings is 2. The Labute approximate surface area is 107 Å². The normalized spacial score (nSPS) is 12.8. The smallest absolute Gasteiger partial charge is 0.226 e. The van der Waals surface area contributed by atoms with E-state index in [9.17, 15) is 0 Å². The second-order valence-corrected chi connectivity index (χ2v) is 4.12. The van der Waals surface area contributed by atoms with Crippen LogP contribution in [-0.4, -0.2) is 29.9 Å². The number of nitrogens with one attached hydrogen (secondary N) is 3. The summed E-state index contributed by atoms with van der Waals surface area (Å²) >= 11 is 5.85. The number of fused-ring (bicyclic) bond motifs is 1. The summed E-state index contributed by atoms with van der Waals surface area (Å²) in [6.45, 7) is 1.97. The molecule has 3 heterocycles. The highest BCUT2D eigenvalue weighted by Gasteiger charge is 2.13. The van der Waals surface area contributed by atoms with Crippen molar-refractivity contribution in [2.75, 3.05) is 5.32 Å². The summed E-state index contributed by atoms with van der Waals surface area (Å²) in [5, 5.41) is 3.37. The Bertz CT molecular complexity index is 660. The average molecular weight is 264 g/mol. The van der Waals surface area contributed by atoms with Gasteiger partial charge in [0, 0.05) is 12.4 Å². The zero-order valence-electron chi connectivity index (χ0n) is 9.48. The van der Waals surface area contributed by atoms with Gasteiger partial charge in [0.2, 0.25) is 5.28 Å². The van der Waals surface area contributed by atoms with E-state index in [4.69, 9.17) is 11.6 Å². The quantitative estimate of drug-likeness (QED) is 0.627. The second kappa shape index (κ2) is 4.26. The molecule has 3 aromatic rings. The summed E-state index contributed by atoms with van der Waals surface area (Å²) in [5.74, 6) is 1.42. The first kappa shape index (κ1) is 11.0. The maximum absolute atomic E-state index is 5.85. The topological polar surface area (TPSA) is 95.2 Å². The minimum atomic E-state index is -0.0301. The standard InChI is InChI=1S/C10H10ClN7/c1-5(7-12-2-3-13-7)16-9-6-8(15-4-14-6)17-10(11)18-9/h2-5H,1H3,(H,12,13)(H2,14,15,16,17,18). The minimum Gasteiger partial charge on any atom is -0.358 e. The van der Waals surface area contributed by atoms with Gasteiger partial charge in [0.15, 0.2) is 11.5 Å². The third-order valence-electron chi connectivity index (χ3n) is 2.54. The molecule has 0 aliphatic carbocycles. The molecule has 18 heavy (non-hydrogen) atoms. The maximum Gasteiger partial charge on any atom is 0.226 e. The summed E-state index contributed by atoms with van der Waals surface area (Å²) in [6.07, 6.45) is 5.02. The molecule has 8 heteroatoms. The van der Waals surface area contributed by atoms with Gasteiger partial charge in [-0.15, -0.1) is 0 Å². The van der Waals surface area contributed by atoms with Gasteiger partial charge < -0.3 is 15.3 Å².